The van der Waals surface area contributed by atoms with E-state index in [1.165, 1.54) is 13.2 Å². The fourth-order valence-electron chi connectivity index (χ4n) is 1.83. The van der Waals surface area contributed by atoms with Crippen LogP contribution < -0.4 is 10.1 Å². The highest BCUT2D eigenvalue weighted by Crippen LogP contribution is 2.25. The number of phenols is 1. The number of aromatic hydroxyl groups is 1. The highest BCUT2D eigenvalue weighted by atomic mass is 16.5. The molecule has 20 heavy (non-hydrogen) atoms. The predicted molar refractivity (Wildman–Crippen MR) is 73.9 cm³/mol. The van der Waals surface area contributed by atoms with E-state index in [1.54, 1.807) is 24.5 Å². The molecule has 2 rings (SSSR count). The topological polar surface area (TPSA) is 87.2 Å². The molecular weight excluding hydrogens is 258 g/mol. The molecule has 1 aromatic carbocycles. The van der Waals surface area contributed by atoms with Gasteiger partial charge >= 0.3 is 0 Å². The highest BCUT2D eigenvalue weighted by Gasteiger charge is 2.09. The summed E-state index contributed by atoms with van der Waals surface area (Å²) in [5.41, 5.74) is 0.404. The van der Waals surface area contributed by atoms with Crippen molar-refractivity contribution in [3.63, 3.8) is 0 Å². The number of nitrogens with one attached hydrogen (secondary N) is 2. The summed E-state index contributed by atoms with van der Waals surface area (Å²) in [6.45, 7) is 0.548. The van der Waals surface area contributed by atoms with Gasteiger partial charge in [0.1, 0.15) is 5.82 Å². The maximum absolute atomic E-state index is 11.9. The van der Waals surface area contributed by atoms with E-state index in [0.29, 0.717) is 17.9 Å². The zero-order valence-corrected chi connectivity index (χ0v) is 11.2. The Morgan fingerprint density at radius 2 is 2.35 bits per heavy atom. The summed E-state index contributed by atoms with van der Waals surface area (Å²) in [4.78, 5) is 19.0. The van der Waals surface area contributed by atoms with Crippen LogP contribution in [0.4, 0.5) is 0 Å². The van der Waals surface area contributed by atoms with Gasteiger partial charge in [-0.1, -0.05) is 0 Å². The second-order valence-electron chi connectivity index (χ2n) is 4.28. The maximum Gasteiger partial charge on any atom is 0.251 e. The molecule has 0 atom stereocenters. The van der Waals surface area contributed by atoms with Crippen LogP contribution in [0.3, 0.4) is 0 Å². The largest absolute Gasteiger partial charge is 0.504 e. The lowest BCUT2D eigenvalue weighted by atomic mass is 10.2. The first-order valence-electron chi connectivity index (χ1n) is 6.34. The van der Waals surface area contributed by atoms with Crippen LogP contribution in [-0.4, -0.2) is 34.6 Å². The Kier molecular flexibility index (Phi) is 4.60. The number of aryl methyl sites for hydroxylation is 1. The summed E-state index contributed by atoms with van der Waals surface area (Å²) < 4.78 is 4.93. The third kappa shape index (κ3) is 3.50. The molecule has 0 bridgehead atoms. The number of hydrogen-bond acceptors (Lipinski definition) is 4. The number of rotatable bonds is 6. The van der Waals surface area contributed by atoms with Gasteiger partial charge < -0.3 is 20.1 Å². The maximum atomic E-state index is 11.9. The first kappa shape index (κ1) is 13.9. The van der Waals surface area contributed by atoms with E-state index >= 15 is 0 Å². The Morgan fingerprint density at radius 3 is 3.00 bits per heavy atom. The average molecular weight is 275 g/mol. The summed E-state index contributed by atoms with van der Waals surface area (Å²) in [7, 11) is 1.46. The van der Waals surface area contributed by atoms with Gasteiger partial charge in [0, 0.05) is 30.9 Å². The van der Waals surface area contributed by atoms with Gasteiger partial charge in [-0.25, -0.2) is 4.98 Å². The van der Waals surface area contributed by atoms with E-state index in [2.05, 4.69) is 15.3 Å². The first-order chi connectivity index (χ1) is 9.70. The van der Waals surface area contributed by atoms with Gasteiger partial charge in [0.25, 0.3) is 5.91 Å². The molecule has 0 aliphatic heterocycles. The number of methoxy groups -OCH3 is 1. The normalized spacial score (nSPS) is 10.2. The summed E-state index contributed by atoms with van der Waals surface area (Å²) in [5.74, 6) is 0.985. The smallest absolute Gasteiger partial charge is 0.251 e. The van der Waals surface area contributed by atoms with Gasteiger partial charge in [0.15, 0.2) is 11.5 Å². The minimum Gasteiger partial charge on any atom is -0.504 e. The van der Waals surface area contributed by atoms with Gasteiger partial charge in [-0.2, -0.15) is 0 Å². The number of imidazole rings is 1. The summed E-state index contributed by atoms with van der Waals surface area (Å²) >= 11 is 0. The molecular formula is C14H17N3O3. The molecule has 0 fully saturated rings. The van der Waals surface area contributed by atoms with Gasteiger partial charge in [-0.3, -0.25) is 4.79 Å². The van der Waals surface area contributed by atoms with Crippen molar-refractivity contribution in [2.75, 3.05) is 13.7 Å². The number of hydrogen-bond donors (Lipinski definition) is 3. The van der Waals surface area contributed by atoms with Crippen LogP contribution in [-0.2, 0) is 6.42 Å². The van der Waals surface area contributed by atoms with Crippen molar-refractivity contribution in [2.45, 2.75) is 12.8 Å². The third-order valence-electron chi connectivity index (χ3n) is 2.87. The van der Waals surface area contributed by atoms with Crippen LogP contribution in [0.1, 0.15) is 22.6 Å². The molecule has 0 aliphatic rings. The molecule has 3 N–H and O–H groups in total. The quantitative estimate of drug-likeness (QED) is 0.697. The Morgan fingerprint density at radius 1 is 1.50 bits per heavy atom. The number of ether oxygens (including phenoxy) is 1. The average Bonchev–Trinajstić information content (AvgIpc) is 2.96. The molecule has 2 aromatic rings. The minimum atomic E-state index is -0.220. The van der Waals surface area contributed by atoms with Gasteiger partial charge in [0.05, 0.1) is 7.11 Å². The molecule has 106 valence electrons. The lowest BCUT2D eigenvalue weighted by Gasteiger charge is -2.07. The van der Waals surface area contributed by atoms with Crippen LogP contribution >= 0.6 is 0 Å². The summed E-state index contributed by atoms with van der Waals surface area (Å²) in [6.07, 6.45) is 5.05. The molecule has 0 saturated heterocycles. The Bertz CT molecular complexity index is 567. The van der Waals surface area contributed by atoms with E-state index in [9.17, 15) is 9.90 Å². The number of aromatic amines is 1. The van der Waals surface area contributed by atoms with Crippen molar-refractivity contribution in [2.24, 2.45) is 0 Å². The molecule has 1 amide bonds. The van der Waals surface area contributed by atoms with Crippen molar-refractivity contribution in [1.29, 1.82) is 0 Å². The van der Waals surface area contributed by atoms with E-state index in [-0.39, 0.29) is 11.7 Å². The third-order valence-corrected chi connectivity index (χ3v) is 2.87. The Labute approximate surface area is 116 Å². The fraction of sp³-hybridized carbons (Fsp3) is 0.286. The molecule has 0 radical (unpaired) electrons. The molecule has 0 spiro atoms. The van der Waals surface area contributed by atoms with Crippen molar-refractivity contribution in [3.8, 4) is 11.5 Å². The van der Waals surface area contributed by atoms with Gasteiger partial charge in [0.2, 0.25) is 0 Å². The summed E-state index contributed by atoms with van der Waals surface area (Å²) in [6, 6.07) is 4.56. The number of phenolic OH excluding ortho intramolecular Hbond substituents is 1. The SMILES string of the molecule is COc1ccc(C(=O)NCCCc2ncc[nH]2)cc1O. The van der Waals surface area contributed by atoms with Crippen LogP contribution in [0.15, 0.2) is 30.6 Å². The van der Waals surface area contributed by atoms with Crippen molar-refractivity contribution < 1.29 is 14.6 Å². The van der Waals surface area contributed by atoms with Gasteiger partial charge in [-0.15, -0.1) is 0 Å². The summed E-state index contributed by atoms with van der Waals surface area (Å²) in [5, 5.41) is 12.4. The molecule has 6 nitrogen and oxygen atoms in total. The number of nitrogens with zero attached hydrogens (tertiary/aromatic N) is 1. The highest BCUT2D eigenvalue weighted by molar-refractivity contribution is 5.94. The number of benzene rings is 1. The van der Waals surface area contributed by atoms with E-state index in [1.807, 2.05) is 0 Å². The number of aromatic nitrogens is 2. The van der Waals surface area contributed by atoms with Crippen LogP contribution in [0.2, 0.25) is 0 Å². The van der Waals surface area contributed by atoms with E-state index in [0.717, 1.165) is 18.7 Å². The Balaban J connectivity index is 1.81. The second kappa shape index (κ2) is 6.60. The molecule has 0 unspecified atom stereocenters. The zero-order valence-electron chi connectivity index (χ0n) is 11.2. The first-order valence-corrected chi connectivity index (χ1v) is 6.34. The van der Waals surface area contributed by atoms with Crippen LogP contribution in [0.5, 0.6) is 11.5 Å². The zero-order chi connectivity index (χ0) is 14.4. The Hall–Kier alpha value is -2.50. The van der Waals surface area contributed by atoms with Crippen LogP contribution in [0, 0.1) is 0 Å². The predicted octanol–water partition coefficient (Wildman–Crippen LogP) is 1.49. The van der Waals surface area contributed by atoms with Gasteiger partial charge in [-0.05, 0) is 24.6 Å². The van der Waals surface area contributed by atoms with E-state index in [4.69, 9.17) is 4.74 Å². The molecule has 0 aliphatic carbocycles. The lowest BCUT2D eigenvalue weighted by Crippen LogP contribution is -2.24. The number of carbonyl (C=O) groups is 1. The number of amides is 1. The van der Waals surface area contributed by atoms with Crippen molar-refractivity contribution >= 4 is 5.91 Å². The van der Waals surface area contributed by atoms with Crippen LogP contribution in [0.25, 0.3) is 0 Å². The number of H-pyrrole nitrogens is 1. The van der Waals surface area contributed by atoms with Crippen molar-refractivity contribution in [3.05, 3.63) is 42.0 Å². The lowest BCUT2D eigenvalue weighted by molar-refractivity contribution is 0.0952. The molecule has 6 heteroatoms. The molecule has 0 saturated carbocycles. The molecule has 1 heterocycles. The fourth-order valence-corrected chi connectivity index (χ4v) is 1.83. The van der Waals surface area contributed by atoms with Crippen molar-refractivity contribution in [1.82, 2.24) is 15.3 Å². The molecule has 1 aromatic heterocycles. The second-order valence-corrected chi connectivity index (χ2v) is 4.28. The minimum absolute atomic E-state index is 0.0456. The number of carbonyl (C=O) groups excluding carboxylic acids is 1. The van der Waals surface area contributed by atoms with E-state index < -0.39 is 0 Å². The standard InChI is InChI=1S/C14H17N3O3/c1-20-12-5-4-10(9-11(12)18)14(19)17-6-2-3-13-15-7-8-16-13/h4-5,7-9,18H,2-3,6H2,1H3,(H,15,16)(H,17,19). The monoisotopic (exact) mass is 275 g/mol.